The van der Waals surface area contributed by atoms with E-state index in [1.165, 1.54) is 18.4 Å². The molecule has 6 nitrogen and oxygen atoms in total. The predicted octanol–water partition coefficient (Wildman–Crippen LogP) is 3.40. The maximum atomic E-state index is 12.7. The molecule has 1 fully saturated rings. The number of hydrogen-bond acceptors (Lipinski definition) is 5. The average molecular weight is 386 g/mol. The zero-order valence-electron chi connectivity index (χ0n) is 15.4. The highest BCUT2D eigenvalue weighted by Crippen LogP contribution is 2.36. The van der Waals surface area contributed by atoms with Crippen LogP contribution in [0.15, 0.2) is 36.4 Å². The van der Waals surface area contributed by atoms with Gasteiger partial charge in [-0.25, -0.2) is 4.79 Å². The number of carbonyl (C=O) groups excluding carboxylic acids is 3. The first-order chi connectivity index (χ1) is 13.0. The number of carbonyl (C=O) groups is 3. The molecule has 1 aromatic heterocycles. The SMILES string of the molecule is COC(=O)c1cc(-c2ccccc2)sc1NC(=O)C1CCN(C(C)=O)CC1. The van der Waals surface area contributed by atoms with Gasteiger partial charge in [0.15, 0.2) is 0 Å². The van der Waals surface area contributed by atoms with Gasteiger partial charge in [0.05, 0.1) is 12.7 Å². The van der Waals surface area contributed by atoms with Gasteiger partial charge < -0.3 is 15.0 Å². The smallest absolute Gasteiger partial charge is 0.340 e. The van der Waals surface area contributed by atoms with E-state index in [2.05, 4.69) is 5.32 Å². The van der Waals surface area contributed by atoms with Crippen LogP contribution in [0.4, 0.5) is 5.00 Å². The van der Waals surface area contributed by atoms with Crippen LogP contribution in [0, 0.1) is 5.92 Å². The van der Waals surface area contributed by atoms with E-state index >= 15 is 0 Å². The molecular weight excluding hydrogens is 364 g/mol. The van der Waals surface area contributed by atoms with Crippen LogP contribution >= 0.6 is 11.3 Å². The Kier molecular flexibility index (Phi) is 5.91. The Morgan fingerprint density at radius 2 is 1.81 bits per heavy atom. The quantitative estimate of drug-likeness (QED) is 0.817. The first kappa shape index (κ1) is 19.1. The van der Waals surface area contributed by atoms with Crippen LogP contribution in [0.3, 0.4) is 0 Å². The molecule has 27 heavy (non-hydrogen) atoms. The normalized spacial score (nSPS) is 14.7. The van der Waals surface area contributed by atoms with Crippen molar-refractivity contribution in [2.24, 2.45) is 5.92 Å². The van der Waals surface area contributed by atoms with Crippen molar-refractivity contribution in [3.63, 3.8) is 0 Å². The highest BCUT2D eigenvalue weighted by Gasteiger charge is 2.28. The first-order valence-corrected chi connectivity index (χ1v) is 9.65. The number of thiophene rings is 1. The number of methoxy groups -OCH3 is 1. The van der Waals surface area contributed by atoms with Crippen LogP contribution in [0.25, 0.3) is 10.4 Å². The number of benzene rings is 1. The molecule has 1 aliphatic heterocycles. The summed E-state index contributed by atoms with van der Waals surface area (Å²) in [5, 5.41) is 3.40. The number of amides is 2. The zero-order valence-corrected chi connectivity index (χ0v) is 16.2. The Hall–Kier alpha value is -2.67. The summed E-state index contributed by atoms with van der Waals surface area (Å²) in [7, 11) is 1.32. The fraction of sp³-hybridized carbons (Fsp3) is 0.350. The Balaban J connectivity index is 1.77. The lowest BCUT2D eigenvalue weighted by Gasteiger charge is -2.30. The number of esters is 1. The largest absolute Gasteiger partial charge is 0.465 e. The van der Waals surface area contributed by atoms with Crippen molar-refractivity contribution in [1.29, 1.82) is 0 Å². The van der Waals surface area contributed by atoms with Crippen LogP contribution in [0.5, 0.6) is 0 Å². The minimum atomic E-state index is -0.477. The molecule has 0 atom stereocenters. The molecule has 3 rings (SSSR count). The van der Waals surface area contributed by atoms with Crippen molar-refractivity contribution in [3.05, 3.63) is 42.0 Å². The molecule has 7 heteroatoms. The molecule has 1 aliphatic rings. The molecule has 0 saturated carbocycles. The maximum Gasteiger partial charge on any atom is 0.340 e. The summed E-state index contributed by atoms with van der Waals surface area (Å²) in [5.41, 5.74) is 1.33. The summed E-state index contributed by atoms with van der Waals surface area (Å²) < 4.78 is 4.87. The van der Waals surface area contributed by atoms with E-state index < -0.39 is 5.97 Å². The van der Waals surface area contributed by atoms with Gasteiger partial charge in [-0.15, -0.1) is 11.3 Å². The second-order valence-corrected chi connectivity index (χ2v) is 7.53. The number of nitrogens with one attached hydrogen (secondary N) is 1. The molecular formula is C20H22N2O4S. The van der Waals surface area contributed by atoms with E-state index in [1.807, 2.05) is 30.3 Å². The topological polar surface area (TPSA) is 75.7 Å². The summed E-state index contributed by atoms with van der Waals surface area (Å²) in [5.74, 6) is -0.735. The van der Waals surface area contributed by atoms with Gasteiger partial charge in [-0.05, 0) is 24.5 Å². The number of nitrogens with zero attached hydrogens (tertiary/aromatic N) is 1. The lowest BCUT2D eigenvalue weighted by atomic mass is 9.96. The van der Waals surface area contributed by atoms with Crippen molar-refractivity contribution >= 4 is 34.1 Å². The van der Waals surface area contributed by atoms with Gasteiger partial charge >= 0.3 is 5.97 Å². The summed E-state index contributed by atoms with van der Waals surface area (Å²) in [6.45, 7) is 2.70. The Labute approximate surface area is 162 Å². The fourth-order valence-electron chi connectivity index (χ4n) is 3.16. The lowest BCUT2D eigenvalue weighted by molar-refractivity contribution is -0.132. The number of likely N-dealkylation sites (tertiary alicyclic amines) is 1. The van der Waals surface area contributed by atoms with Crippen LogP contribution in [0.2, 0.25) is 0 Å². The fourth-order valence-corrected chi connectivity index (χ4v) is 4.22. The minimum Gasteiger partial charge on any atom is -0.465 e. The van der Waals surface area contributed by atoms with Crippen molar-refractivity contribution in [2.75, 3.05) is 25.5 Å². The third kappa shape index (κ3) is 4.36. The molecule has 0 radical (unpaired) electrons. The average Bonchev–Trinajstić information content (AvgIpc) is 3.12. The van der Waals surface area contributed by atoms with Crippen molar-refractivity contribution in [1.82, 2.24) is 4.90 Å². The van der Waals surface area contributed by atoms with Crippen molar-refractivity contribution in [3.8, 4) is 10.4 Å². The molecule has 2 amide bonds. The number of hydrogen-bond donors (Lipinski definition) is 1. The number of piperidine rings is 1. The molecule has 142 valence electrons. The van der Waals surface area contributed by atoms with E-state index in [-0.39, 0.29) is 17.7 Å². The van der Waals surface area contributed by atoms with Crippen molar-refractivity contribution in [2.45, 2.75) is 19.8 Å². The van der Waals surface area contributed by atoms with Crippen molar-refractivity contribution < 1.29 is 19.1 Å². The highest BCUT2D eigenvalue weighted by atomic mass is 32.1. The summed E-state index contributed by atoms with van der Waals surface area (Å²) in [6.07, 6.45) is 1.24. The molecule has 1 saturated heterocycles. The predicted molar refractivity (Wildman–Crippen MR) is 105 cm³/mol. The lowest BCUT2D eigenvalue weighted by Crippen LogP contribution is -2.40. The van der Waals surface area contributed by atoms with Gasteiger partial charge in [0.25, 0.3) is 0 Å². The third-order valence-corrected chi connectivity index (χ3v) is 5.84. The molecule has 0 bridgehead atoms. The zero-order chi connectivity index (χ0) is 19.4. The number of ether oxygens (including phenoxy) is 1. The second-order valence-electron chi connectivity index (χ2n) is 6.48. The summed E-state index contributed by atoms with van der Waals surface area (Å²) in [4.78, 5) is 38.9. The van der Waals surface area contributed by atoms with Crippen LogP contribution in [0.1, 0.15) is 30.1 Å². The molecule has 1 aromatic carbocycles. The summed E-state index contributed by atoms with van der Waals surface area (Å²) in [6, 6.07) is 11.4. The molecule has 0 unspecified atom stereocenters. The van der Waals surface area contributed by atoms with Gasteiger partial charge in [0.1, 0.15) is 5.00 Å². The van der Waals surface area contributed by atoms with E-state index in [4.69, 9.17) is 4.74 Å². The van der Waals surface area contributed by atoms with Gasteiger partial charge in [0, 0.05) is 30.8 Å². The number of anilines is 1. The Bertz CT molecular complexity index is 839. The van der Waals surface area contributed by atoms with Crippen LogP contribution < -0.4 is 5.32 Å². The minimum absolute atomic E-state index is 0.0348. The molecule has 2 heterocycles. The maximum absolute atomic E-state index is 12.7. The van der Waals surface area contributed by atoms with E-state index in [0.29, 0.717) is 36.5 Å². The van der Waals surface area contributed by atoms with E-state index in [1.54, 1.807) is 17.9 Å². The molecule has 2 aromatic rings. The van der Waals surface area contributed by atoms with Gasteiger partial charge in [-0.3, -0.25) is 9.59 Å². The monoisotopic (exact) mass is 386 g/mol. The summed E-state index contributed by atoms with van der Waals surface area (Å²) >= 11 is 1.36. The second kappa shape index (κ2) is 8.35. The van der Waals surface area contributed by atoms with Crippen LogP contribution in [-0.4, -0.2) is 42.9 Å². The van der Waals surface area contributed by atoms with Crippen LogP contribution in [-0.2, 0) is 14.3 Å². The Morgan fingerprint density at radius 3 is 2.41 bits per heavy atom. The third-order valence-electron chi connectivity index (χ3n) is 4.74. The highest BCUT2D eigenvalue weighted by molar-refractivity contribution is 7.20. The standard InChI is InChI=1S/C20H22N2O4S/c1-13(23)22-10-8-15(9-11-22)18(24)21-19-16(20(25)26-2)12-17(27-19)14-6-4-3-5-7-14/h3-7,12,15H,8-11H2,1-2H3,(H,21,24). The molecule has 0 aliphatic carbocycles. The number of rotatable bonds is 4. The van der Waals surface area contributed by atoms with E-state index in [0.717, 1.165) is 10.4 Å². The molecule has 1 N–H and O–H groups in total. The van der Waals surface area contributed by atoms with Gasteiger partial charge in [0.2, 0.25) is 11.8 Å². The van der Waals surface area contributed by atoms with E-state index in [9.17, 15) is 14.4 Å². The Morgan fingerprint density at radius 1 is 1.15 bits per heavy atom. The molecule has 0 spiro atoms. The van der Waals surface area contributed by atoms with Gasteiger partial charge in [-0.1, -0.05) is 30.3 Å². The first-order valence-electron chi connectivity index (χ1n) is 8.83. The van der Waals surface area contributed by atoms with Gasteiger partial charge in [-0.2, -0.15) is 0 Å².